The lowest BCUT2D eigenvalue weighted by molar-refractivity contribution is -0.128. The van der Waals surface area contributed by atoms with E-state index in [0.717, 1.165) is 69.8 Å². The van der Waals surface area contributed by atoms with Crippen LogP contribution in [0.3, 0.4) is 0 Å². The van der Waals surface area contributed by atoms with Crippen molar-refractivity contribution < 1.29 is 14.3 Å². The lowest BCUT2D eigenvalue weighted by Crippen LogP contribution is -2.43. The van der Waals surface area contributed by atoms with E-state index in [1.165, 1.54) is 0 Å². The van der Waals surface area contributed by atoms with Crippen molar-refractivity contribution in [1.29, 1.82) is 0 Å². The lowest BCUT2D eigenvalue weighted by Gasteiger charge is -2.28. The second-order valence-electron chi connectivity index (χ2n) is 7.65. The van der Waals surface area contributed by atoms with Crippen molar-refractivity contribution in [2.24, 2.45) is 11.8 Å². The molecule has 1 heterocycles. The van der Waals surface area contributed by atoms with Crippen LogP contribution in [0.1, 0.15) is 31.2 Å². The average Bonchev–Trinajstić information content (AvgIpc) is 2.69. The third-order valence-electron chi connectivity index (χ3n) is 5.59. The summed E-state index contributed by atoms with van der Waals surface area (Å²) in [6.45, 7) is 7.02. The number of carbonyl (C=O) groups is 2. The van der Waals surface area contributed by atoms with E-state index in [-0.39, 0.29) is 23.7 Å². The third-order valence-corrected chi connectivity index (χ3v) is 5.59. The molecule has 1 aromatic rings. The summed E-state index contributed by atoms with van der Waals surface area (Å²) in [5, 5.41) is 6.08. The first-order valence-electron chi connectivity index (χ1n) is 10.1. The number of nitrogens with one attached hydrogen (secondary N) is 2. The number of nitrogens with zero attached hydrogens (tertiary/aromatic N) is 1. The summed E-state index contributed by atoms with van der Waals surface area (Å²) >= 11 is 0. The number of amides is 2. The molecular weight excluding hydrogens is 342 g/mol. The Labute approximate surface area is 161 Å². The van der Waals surface area contributed by atoms with Crippen LogP contribution in [0.4, 0.5) is 5.69 Å². The van der Waals surface area contributed by atoms with Gasteiger partial charge < -0.3 is 15.4 Å². The van der Waals surface area contributed by atoms with Gasteiger partial charge in [0.25, 0.3) is 0 Å². The van der Waals surface area contributed by atoms with Gasteiger partial charge in [0.2, 0.25) is 11.8 Å². The van der Waals surface area contributed by atoms with Crippen LogP contribution in [0.25, 0.3) is 0 Å². The van der Waals surface area contributed by atoms with Crippen molar-refractivity contribution in [2.45, 2.75) is 32.6 Å². The Bertz CT molecular complexity index is 635. The smallest absolute Gasteiger partial charge is 0.227 e. The zero-order valence-corrected chi connectivity index (χ0v) is 16.2. The highest BCUT2D eigenvalue weighted by Crippen LogP contribution is 2.30. The van der Waals surface area contributed by atoms with E-state index in [1.54, 1.807) is 0 Å². The Kier molecular flexibility index (Phi) is 7.24. The van der Waals surface area contributed by atoms with E-state index in [9.17, 15) is 9.59 Å². The number of ether oxygens (including phenoxy) is 1. The second-order valence-corrected chi connectivity index (χ2v) is 7.65. The van der Waals surface area contributed by atoms with E-state index in [2.05, 4.69) is 15.5 Å². The molecule has 0 atom stereocenters. The van der Waals surface area contributed by atoms with Crippen molar-refractivity contribution in [3.8, 4) is 0 Å². The third kappa shape index (κ3) is 6.04. The van der Waals surface area contributed by atoms with E-state index >= 15 is 0 Å². The molecular formula is C21H31N3O3. The van der Waals surface area contributed by atoms with Gasteiger partial charge in [0, 0.05) is 43.7 Å². The average molecular weight is 373 g/mol. The summed E-state index contributed by atoms with van der Waals surface area (Å²) in [6, 6.07) is 7.85. The largest absolute Gasteiger partial charge is 0.379 e. The van der Waals surface area contributed by atoms with Crippen molar-refractivity contribution in [3.63, 3.8) is 0 Å². The monoisotopic (exact) mass is 373 g/mol. The van der Waals surface area contributed by atoms with Crippen LogP contribution in [-0.4, -0.2) is 56.1 Å². The van der Waals surface area contributed by atoms with Crippen LogP contribution in [0.5, 0.6) is 0 Å². The predicted molar refractivity (Wildman–Crippen MR) is 106 cm³/mol. The molecule has 2 aliphatic rings. The van der Waals surface area contributed by atoms with Crippen LogP contribution < -0.4 is 10.6 Å². The number of hydrogen-bond donors (Lipinski definition) is 2. The normalized spacial score (nSPS) is 23.6. The molecule has 6 heteroatoms. The summed E-state index contributed by atoms with van der Waals surface area (Å²) in [6.07, 6.45) is 3.13. The molecule has 0 aromatic heterocycles. The molecule has 6 nitrogen and oxygen atoms in total. The first kappa shape index (κ1) is 19.8. The van der Waals surface area contributed by atoms with Crippen molar-refractivity contribution >= 4 is 17.5 Å². The van der Waals surface area contributed by atoms with Crippen molar-refractivity contribution in [1.82, 2.24) is 10.2 Å². The van der Waals surface area contributed by atoms with Crippen LogP contribution in [0, 0.1) is 18.8 Å². The van der Waals surface area contributed by atoms with Gasteiger partial charge in [-0.3, -0.25) is 14.5 Å². The summed E-state index contributed by atoms with van der Waals surface area (Å²) in [5.74, 6) is 0.258. The van der Waals surface area contributed by atoms with Crippen LogP contribution in [-0.2, 0) is 14.3 Å². The molecule has 1 aliphatic heterocycles. The van der Waals surface area contributed by atoms with Crippen LogP contribution >= 0.6 is 0 Å². The minimum Gasteiger partial charge on any atom is -0.379 e. The van der Waals surface area contributed by atoms with Gasteiger partial charge in [-0.25, -0.2) is 0 Å². The Hall–Kier alpha value is -1.92. The van der Waals surface area contributed by atoms with E-state index < -0.39 is 0 Å². The van der Waals surface area contributed by atoms with Gasteiger partial charge in [0.05, 0.1) is 13.2 Å². The zero-order chi connectivity index (χ0) is 19.1. The number of hydrogen-bond acceptors (Lipinski definition) is 4. The molecule has 1 aliphatic carbocycles. The SMILES string of the molecule is Cc1cccc(NC(=O)C2CCC(C(=O)NCCN3CCOCC3)CC2)c1. The topological polar surface area (TPSA) is 70.7 Å². The Morgan fingerprint density at radius 3 is 2.41 bits per heavy atom. The van der Waals surface area contributed by atoms with Gasteiger partial charge in [-0.1, -0.05) is 12.1 Å². The first-order chi connectivity index (χ1) is 13.1. The van der Waals surface area contributed by atoms with Gasteiger partial charge in [-0.15, -0.1) is 0 Å². The summed E-state index contributed by atoms with van der Waals surface area (Å²) in [5.41, 5.74) is 1.98. The highest BCUT2D eigenvalue weighted by atomic mass is 16.5. The van der Waals surface area contributed by atoms with E-state index in [1.807, 2.05) is 31.2 Å². The van der Waals surface area contributed by atoms with Crippen molar-refractivity contribution in [2.75, 3.05) is 44.7 Å². The maximum atomic E-state index is 12.5. The Morgan fingerprint density at radius 2 is 1.74 bits per heavy atom. The lowest BCUT2D eigenvalue weighted by atomic mass is 9.81. The molecule has 2 fully saturated rings. The quantitative estimate of drug-likeness (QED) is 0.802. The highest BCUT2D eigenvalue weighted by Gasteiger charge is 2.29. The van der Waals surface area contributed by atoms with Gasteiger partial charge >= 0.3 is 0 Å². The van der Waals surface area contributed by atoms with E-state index in [0.29, 0.717) is 6.54 Å². The molecule has 1 saturated carbocycles. The number of aryl methyl sites for hydroxylation is 1. The molecule has 3 rings (SSSR count). The van der Waals surface area contributed by atoms with Crippen LogP contribution in [0.15, 0.2) is 24.3 Å². The number of morpholine rings is 1. The molecule has 1 saturated heterocycles. The number of benzene rings is 1. The number of carbonyl (C=O) groups excluding carboxylic acids is 2. The van der Waals surface area contributed by atoms with E-state index in [4.69, 9.17) is 4.74 Å². The molecule has 148 valence electrons. The maximum Gasteiger partial charge on any atom is 0.227 e. The van der Waals surface area contributed by atoms with Gasteiger partial charge in [0.15, 0.2) is 0 Å². The van der Waals surface area contributed by atoms with Crippen molar-refractivity contribution in [3.05, 3.63) is 29.8 Å². The zero-order valence-electron chi connectivity index (χ0n) is 16.2. The number of anilines is 1. The fourth-order valence-electron chi connectivity index (χ4n) is 3.89. The summed E-state index contributed by atoms with van der Waals surface area (Å²) < 4.78 is 5.33. The van der Waals surface area contributed by atoms with Gasteiger partial charge in [-0.2, -0.15) is 0 Å². The fraction of sp³-hybridized carbons (Fsp3) is 0.619. The fourth-order valence-corrected chi connectivity index (χ4v) is 3.89. The van der Waals surface area contributed by atoms with Crippen LogP contribution in [0.2, 0.25) is 0 Å². The standard InChI is InChI=1S/C21H31N3O3/c1-16-3-2-4-19(15-16)23-21(26)18-7-5-17(6-8-18)20(25)22-9-10-24-11-13-27-14-12-24/h2-4,15,17-18H,5-14H2,1H3,(H,22,25)(H,23,26). The Morgan fingerprint density at radius 1 is 1.07 bits per heavy atom. The molecule has 2 amide bonds. The first-order valence-corrected chi connectivity index (χ1v) is 10.1. The second kappa shape index (κ2) is 9.85. The van der Waals surface area contributed by atoms with Gasteiger partial charge in [0.1, 0.15) is 0 Å². The maximum absolute atomic E-state index is 12.5. The minimum absolute atomic E-state index is 0.00270. The summed E-state index contributed by atoms with van der Waals surface area (Å²) in [4.78, 5) is 27.2. The molecule has 0 bridgehead atoms. The number of rotatable bonds is 6. The summed E-state index contributed by atoms with van der Waals surface area (Å²) in [7, 11) is 0. The minimum atomic E-state index is 0.00270. The molecule has 0 spiro atoms. The molecule has 0 unspecified atom stereocenters. The molecule has 1 aromatic carbocycles. The van der Waals surface area contributed by atoms with Gasteiger partial charge in [-0.05, 0) is 50.3 Å². The Balaban J connectivity index is 1.36. The predicted octanol–water partition coefficient (Wildman–Crippen LogP) is 2.19. The molecule has 0 radical (unpaired) electrons. The molecule has 27 heavy (non-hydrogen) atoms. The highest BCUT2D eigenvalue weighted by molar-refractivity contribution is 5.92. The molecule has 2 N–H and O–H groups in total.